The average molecular weight is 454 g/mol. The van der Waals surface area contributed by atoms with E-state index in [1.165, 1.54) is 28.4 Å². The summed E-state index contributed by atoms with van der Waals surface area (Å²) in [5.41, 5.74) is 1.51. The van der Waals surface area contributed by atoms with Crippen molar-refractivity contribution in [2.75, 3.05) is 4.90 Å². The third-order valence-electron chi connectivity index (χ3n) is 6.73. The summed E-state index contributed by atoms with van der Waals surface area (Å²) in [5.74, 6) is -0.311. The second-order valence-corrected chi connectivity index (χ2v) is 10.0. The summed E-state index contributed by atoms with van der Waals surface area (Å²) in [6, 6.07) is 5.32. The highest BCUT2D eigenvalue weighted by Gasteiger charge is 2.53. The highest BCUT2D eigenvalue weighted by Crippen LogP contribution is 2.49. The van der Waals surface area contributed by atoms with Crippen LogP contribution in [0.15, 0.2) is 35.6 Å². The number of nitrogens with zero attached hydrogens (tertiary/aromatic N) is 3. The molecule has 1 aromatic carbocycles. The molecule has 0 spiro atoms. The number of aromatic nitrogens is 1. The maximum absolute atomic E-state index is 13.7. The van der Waals surface area contributed by atoms with E-state index in [1.54, 1.807) is 12.1 Å². The fourth-order valence-corrected chi connectivity index (χ4v) is 5.89. The average Bonchev–Trinajstić information content (AvgIpc) is 3.25. The second-order valence-electron chi connectivity index (χ2n) is 8.86. The number of Topliss-reactive ketones (excluding diaryl/α,β-unsaturated/α-hetero) is 1. The number of thiazole rings is 1. The number of nitro benzene ring substituents is 1. The van der Waals surface area contributed by atoms with Crippen molar-refractivity contribution in [1.82, 2.24) is 4.98 Å². The first kappa shape index (κ1) is 20.8. The number of anilines is 1. The molecule has 3 aliphatic rings. The van der Waals surface area contributed by atoms with E-state index in [0.717, 1.165) is 23.4 Å². The van der Waals surface area contributed by atoms with E-state index in [0.29, 0.717) is 28.6 Å². The molecular formula is C23H23N3O5S. The van der Waals surface area contributed by atoms with Gasteiger partial charge in [0, 0.05) is 17.0 Å². The molecule has 1 amide bonds. The summed E-state index contributed by atoms with van der Waals surface area (Å²) in [6.07, 6.45) is 2.10. The van der Waals surface area contributed by atoms with Crippen molar-refractivity contribution in [2.45, 2.75) is 52.2 Å². The molecule has 0 saturated heterocycles. The van der Waals surface area contributed by atoms with Crippen LogP contribution >= 0.6 is 11.3 Å². The Hall–Kier alpha value is -3.07. The van der Waals surface area contributed by atoms with Crippen molar-refractivity contribution < 1.29 is 19.2 Å². The highest BCUT2D eigenvalue weighted by atomic mass is 32.1. The van der Waals surface area contributed by atoms with Crippen molar-refractivity contribution in [1.29, 1.82) is 0 Å². The number of carbonyl (C=O) groups excluding carboxylic acids is 2. The summed E-state index contributed by atoms with van der Waals surface area (Å²) >= 11 is 1.36. The minimum absolute atomic E-state index is 0.0767. The molecule has 8 nitrogen and oxygen atoms in total. The number of hydrogen-bond donors (Lipinski definition) is 0. The summed E-state index contributed by atoms with van der Waals surface area (Å²) in [4.78, 5) is 45.2. The van der Waals surface area contributed by atoms with Crippen LogP contribution < -0.4 is 4.90 Å². The fraction of sp³-hybridized carbons (Fsp3) is 0.435. The molecule has 4 atom stereocenters. The summed E-state index contributed by atoms with van der Waals surface area (Å²) in [7, 11) is 0. The van der Waals surface area contributed by atoms with Crippen LogP contribution in [-0.4, -0.2) is 27.7 Å². The molecule has 166 valence electrons. The Morgan fingerprint density at radius 1 is 1.25 bits per heavy atom. The van der Waals surface area contributed by atoms with Gasteiger partial charge in [-0.25, -0.2) is 4.98 Å². The van der Waals surface area contributed by atoms with E-state index in [-0.39, 0.29) is 29.3 Å². The van der Waals surface area contributed by atoms with Gasteiger partial charge in [0.05, 0.1) is 28.2 Å². The molecule has 4 unspecified atom stereocenters. The maximum Gasteiger partial charge on any atom is 0.296 e. The highest BCUT2D eigenvalue weighted by molar-refractivity contribution is 7.15. The molecular weight excluding hydrogens is 430 g/mol. The second kappa shape index (κ2) is 7.51. The predicted octanol–water partition coefficient (Wildman–Crippen LogP) is 4.41. The van der Waals surface area contributed by atoms with Gasteiger partial charge < -0.3 is 4.74 Å². The zero-order valence-corrected chi connectivity index (χ0v) is 18.8. The first-order valence-corrected chi connectivity index (χ1v) is 11.5. The molecule has 1 aliphatic carbocycles. The first-order valence-electron chi connectivity index (χ1n) is 10.7. The Morgan fingerprint density at radius 3 is 2.72 bits per heavy atom. The van der Waals surface area contributed by atoms with Crippen molar-refractivity contribution in [3.8, 4) is 0 Å². The molecule has 2 aromatic rings. The van der Waals surface area contributed by atoms with Crippen LogP contribution in [0.5, 0.6) is 0 Å². The summed E-state index contributed by atoms with van der Waals surface area (Å²) < 4.78 is 6.17. The monoisotopic (exact) mass is 453 g/mol. The van der Waals surface area contributed by atoms with Gasteiger partial charge in [-0.2, -0.15) is 0 Å². The van der Waals surface area contributed by atoms with Crippen molar-refractivity contribution in [3.63, 3.8) is 0 Å². The van der Waals surface area contributed by atoms with Gasteiger partial charge in [0.15, 0.2) is 16.7 Å². The quantitative estimate of drug-likeness (QED) is 0.504. The SMILES string of the molecule is Cc1nc(N2C(=O)C3=C(C(=O)C4CC(C)CCC4O3)C2c2cccc([N+](=O)[O-])c2)sc1C. The van der Waals surface area contributed by atoms with Gasteiger partial charge in [0.25, 0.3) is 11.6 Å². The van der Waals surface area contributed by atoms with Gasteiger partial charge >= 0.3 is 0 Å². The Balaban J connectivity index is 1.67. The van der Waals surface area contributed by atoms with E-state index in [2.05, 4.69) is 11.9 Å². The van der Waals surface area contributed by atoms with Crippen LogP contribution in [0.3, 0.4) is 0 Å². The molecule has 0 radical (unpaired) electrons. The molecule has 0 bridgehead atoms. The third-order valence-corrected chi connectivity index (χ3v) is 7.80. The van der Waals surface area contributed by atoms with Crippen LogP contribution in [0.25, 0.3) is 0 Å². The number of ether oxygens (including phenoxy) is 1. The predicted molar refractivity (Wildman–Crippen MR) is 118 cm³/mol. The van der Waals surface area contributed by atoms with E-state index >= 15 is 0 Å². The van der Waals surface area contributed by atoms with Gasteiger partial charge in [0.2, 0.25) is 0 Å². The lowest BCUT2D eigenvalue weighted by molar-refractivity contribution is -0.384. The minimum Gasteiger partial charge on any atom is -0.483 e. The number of ketones is 1. The Kier molecular flexibility index (Phi) is 4.88. The zero-order valence-electron chi connectivity index (χ0n) is 18.0. The molecule has 1 fully saturated rings. The normalized spacial score (nSPS) is 27.3. The van der Waals surface area contributed by atoms with E-state index in [9.17, 15) is 19.7 Å². The number of non-ortho nitro benzene ring substituents is 1. The van der Waals surface area contributed by atoms with Gasteiger partial charge in [-0.3, -0.25) is 24.6 Å². The smallest absolute Gasteiger partial charge is 0.296 e. The van der Waals surface area contributed by atoms with Crippen LogP contribution in [0.2, 0.25) is 0 Å². The fourth-order valence-electron chi connectivity index (χ4n) is 4.96. The van der Waals surface area contributed by atoms with Crippen LogP contribution in [0.4, 0.5) is 10.8 Å². The molecule has 32 heavy (non-hydrogen) atoms. The number of aryl methyl sites for hydroxylation is 2. The number of rotatable bonds is 3. The third kappa shape index (κ3) is 3.14. The van der Waals surface area contributed by atoms with Gasteiger partial charge in [-0.05, 0) is 44.6 Å². The number of hydrogen-bond acceptors (Lipinski definition) is 7. The number of amides is 1. The standard InChI is InChI=1S/C23H23N3O5S/c1-11-7-8-17-16(9-11)20(27)18-19(14-5-4-6-15(10-14)26(29)30)25(22(28)21(18)31-17)23-24-12(2)13(3)32-23/h4-6,10-11,16-17,19H,7-9H2,1-3H3. The largest absolute Gasteiger partial charge is 0.483 e. The van der Waals surface area contributed by atoms with Gasteiger partial charge in [-0.15, -0.1) is 11.3 Å². The van der Waals surface area contributed by atoms with Crippen molar-refractivity contribution >= 4 is 33.8 Å². The molecule has 1 saturated carbocycles. The van der Waals surface area contributed by atoms with E-state index in [1.807, 2.05) is 13.8 Å². The lowest BCUT2D eigenvalue weighted by Crippen LogP contribution is -2.41. The minimum atomic E-state index is -0.798. The lowest BCUT2D eigenvalue weighted by atomic mass is 9.74. The lowest BCUT2D eigenvalue weighted by Gasteiger charge is -2.37. The van der Waals surface area contributed by atoms with Crippen LogP contribution in [0.1, 0.15) is 48.4 Å². The Labute approximate surface area is 189 Å². The summed E-state index contributed by atoms with van der Waals surface area (Å²) in [6.45, 7) is 5.91. The van der Waals surface area contributed by atoms with Crippen molar-refractivity contribution in [3.05, 3.63) is 61.8 Å². The molecule has 3 heterocycles. The number of fused-ring (bicyclic) bond motifs is 1. The first-order chi connectivity index (χ1) is 15.3. The number of carbonyl (C=O) groups is 2. The Morgan fingerprint density at radius 2 is 2.03 bits per heavy atom. The topological polar surface area (TPSA) is 103 Å². The molecule has 0 N–H and O–H groups in total. The van der Waals surface area contributed by atoms with Crippen molar-refractivity contribution in [2.24, 2.45) is 11.8 Å². The zero-order chi connectivity index (χ0) is 22.7. The maximum atomic E-state index is 13.7. The molecule has 5 rings (SSSR count). The summed E-state index contributed by atoms with van der Waals surface area (Å²) in [5, 5.41) is 11.9. The van der Waals surface area contributed by atoms with E-state index < -0.39 is 16.9 Å². The van der Waals surface area contributed by atoms with Gasteiger partial charge in [-0.1, -0.05) is 19.1 Å². The van der Waals surface area contributed by atoms with Gasteiger partial charge in [0.1, 0.15) is 6.10 Å². The van der Waals surface area contributed by atoms with E-state index in [4.69, 9.17) is 4.74 Å². The Bertz CT molecular complexity index is 1170. The molecule has 1 aromatic heterocycles. The number of nitro groups is 1. The molecule has 2 aliphatic heterocycles. The molecule has 9 heteroatoms. The van der Waals surface area contributed by atoms with Crippen LogP contribution in [-0.2, 0) is 14.3 Å². The van der Waals surface area contributed by atoms with Crippen LogP contribution in [0, 0.1) is 35.8 Å². The number of benzene rings is 1.